The van der Waals surface area contributed by atoms with Gasteiger partial charge in [0.25, 0.3) is 0 Å². The molecule has 0 heterocycles. The van der Waals surface area contributed by atoms with Crippen molar-refractivity contribution in [1.29, 1.82) is 0 Å². The van der Waals surface area contributed by atoms with Crippen molar-refractivity contribution in [3.8, 4) is 11.5 Å². The molecule has 0 aliphatic heterocycles. The number of nitrogens with one attached hydrogen (secondary N) is 1. The average Bonchev–Trinajstić information content (AvgIpc) is 2.83. The summed E-state index contributed by atoms with van der Waals surface area (Å²) in [6, 6.07) is 21.7. The van der Waals surface area contributed by atoms with Crippen LogP contribution in [-0.4, -0.2) is 43.8 Å². The van der Waals surface area contributed by atoms with Crippen LogP contribution in [0.1, 0.15) is 60.9 Å². The second-order valence-electron chi connectivity index (χ2n) is 11.4. The van der Waals surface area contributed by atoms with Gasteiger partial charge in [-0.05, 0) is 98.6 Å². The minimum absolute atomic E-state index is 0.124. The van der Waals surface area contributed by atoms with Crippen LogP contribution in [0.3, 0.4) is 0 Å². The minimum atomic E-state index is 0.124. The quantitative estimate of drug-likeness (QED) is 0.360. The average molecular weight is 487 g/mol. The number of ether oxygens (including phenoxy) is 1. The van der Waals surface area contributed by atoms with E-state index in [0.29, 0.717) is 11.7 Å². The van der Waals surface area contributed by atoms with E-state index in [1.807, 2.05) is 12.1 Å². The highest BCUT2D eigenvalue weighted by Crippen LogP contribution is 2.38. The standard InChI is InChI=1S/C32H42N2O2/c1-22(17-23-7-12-27(13-8-23)32(2,3)21-34(4)5)33-31-20-29(36-6)15-16-30(31)26-10-9-25-19-28(35)14-11-24(25)18-26/h7-8,11-16,19-20,22,26,33,35H,9-10,17-18,21H2,1-6H3. The summed E-state index contributed by atoms with van der Waals surface area (Å²) in [7, 11) is 5.99. The van der Waals surface area contributed by atoms with Gasteiger partial charge in [-0.15, -0.1) is 0 Å². The van der Waals surface area contributed by atoms with E-state index < -0.39 is 0 Å². The molecule has 4 heteroatoms. The van der Waals surface area contributed by atoms with Gasteiger partial charge in [-0.2, -0.15) is 0 Å². The lowest BCUT2D eigenvalue weighted by Gasteiger charge is -2.29. The largest absolute Gasteiger partial charge is 0.508 e. The Balaban J connectivity index is 1.48. The number of aromatic hydroxyl groups is 1. The van der Waals surface area contributed by atoms with E-state index in [4.69, 9.17) is 4.74 Å². The fourth-order valence-corrected chi connectivity index (χ4v) is 5.79. The van der Waals surface area contributed by atoms with Gasteiger partial charge in [0, 0.05) is 29.8 Å². The first-order chi connectivity index (χ1) is 17.1. The van der Waals surface area contributed by atoms with E-state index in [-0.39, 0.29) is 11.5 Å². The number of anilines is 1. The number of phenolic OH excluding ortho intramolecular Hbond substituents is 1. The van der Waals surface area contributed by atoms with Gasteiger partial charge < -0.3 is 20.1 Å². The van der Waals surface area contributed by atoms with Gasteiger partial charge in [-0.25, -0.2) is 0 Å². The zero-order valence-electron chi connectivity index (χ0n) is 22.8. The number of fused-ring (bicyclic) bond motifs is 1. The van der Waals surface area contributed by atoms with Crippen molar-refractivity contribution >= 4 is 5.69 Å². The monoisotopic (exact) mass is 486 g/mol. The third-order valence-electron chi connectivity index (χ3n) is 7.51. The van der Waals surface area contributed by atoms with Crippen LogP contribution in [0, 0.1) is 0 Å². The highest BCUT2D eigenvalue weighted by atomic mass is 16.5. The summed E-state index contributed by atoms with van der Waals surface area (Å²) >= 11 is 0. The normalized spacial score (nSPS) is 16.5. The maximum Gasteiger partial charge on any atom is 0.120 e. The Morgan fingerprint density at radius 2 is 1.78 bits per heavy atom. The number of methoxy groups -OCH3 is 1. The van der Waals surface area contributed by atoms with E-state index in [0.717, 1.165) is 43.7 Å². The maximum absolute atomic E-state index is 9.86. The summed E-state index contributed by atoms with van der Waals surface area (Å²) in [5, 5.41) is 13.7. The van der Waals surface area contributed by atoms with E-state index in [1.165, 1.54) is 27.8 Å². The number of nitrogens with zero attached hydrogens (tertiary/aromatic N) is 1. The van der Waals surface area contributed by atoms with Crippen molar-refractivity contribution in [3.05, 3.63) is 88.5 Å². The third kappa shape index (κ3) is 6.22. The molecule has 0 aromatic heterocycles. The molecule has 2 atom stereocenters. The zero-order chi connectivity index (χ0) is 25.9. The third-order valence-corrected chi connectivity index (χ3v) is 7.51. The van der Waals surface area contributed by atoms with Crippen LogP contribution in [0.25, 0.3) is 0 Å². The Hall–Kier alpha value is -2.98. The molecule has 4 nitrogen and oxygen atoms in total. The molecule has 0 radical (unpaired) electrons. The first kappa shape index (κ1) is 26.1. The highest BCUT2D eigenvalue weighted by Gasteiger charge is 2.24. The summed E-state index contributed by atoms with van der Waals surface area (Å²) in [6.45, 7) is 7.90. The van der Waals surface area contributed by atoms with Crippen molar-refractivity contribution in [2.24, 2.45) is 0 Å². The number of rotatable bonds is 9. The molecule has 1 aliphatic rings. The molecule has 0 saturated carbocycles. The van der Waals surface area contributed by atoms with E-state index >= 15 is 0 Å². The second kappa shape index (κ2) is 11.0. The fraction of sp³-hybridized carbons (Fsp3) is 0.438. The number of hydrogen-bond acceptors (Lipinski definition) is 4. The van der Waals surface area contributed by atoms with Crippen molar-refractivity contribution in [2.45, 2.75) is 63.8 Å². The number of likely N-dealkylation sites (N-methyl/N-ethyl adjacent to an activating group) is 1. The van der Waals surface area contributed by atoms with E-state index in [2.05, 4.69) is 93.6 Å². The number of hydrogen-bond donors (Lipinski definition) is 2. The number of aryl methyl sites for hydroxylation is 1. The molecule has 1 aliphatic carbocycles. The Labute approximate surface area is 217 Å². The Kier molecular flexibility index (Phi) is 7.94. The molecule has 192 valence electrons. The maximum atomic E-state index is 9.86. The highest BCUT2D eigenvalue weighted by molar-refractivity contribution is 5.58. The molecular weight excluding hydrogens is 444 g/mol. The van der Waals surface area contributed by atoms with E-state index in [1.54, 1.807) is 7.11 Å². The molecule has 3 aromatic rings. The molecule has 4 rings (SSSR count). The van der Waals surface area contributed by atoms with Gasteiger partial charge in [0.2, 0.25) is 0 Å². The smallest absolute Gasteiger partial charge is 0.120 e. The molecule has 2 unspecified atom stereocenters. The van der Waals surface area contributed by atoms with Gasteiger partial charge in [-0.3, -0.25) is 0 Å². The van der Waals surface area contributed by atoms with Crippen LogP contribution in [0.5, 0.6) is 11.5 Å². The van der Waals surface area contributed by atoms with Gasteiger partial charge >= 0.3 is 0 Å². The number of phenols is 1. The van der Waals surface area contributed by atoms with Crippen molar-refractivity contribution in [2.75, 3.05) is 33.1 Å². The first-order valence-corrected chi connectivity index (χ1v) is 13.1. The van der Waals surface area contributed by atoms with Crippen molar-refractivity contribution < 1.29 is 9.84 Å². The predicted molar refractivity (Wildman–Crippen MR) is 151 cm³/mol. The van der Waals surface area contributed by atoms with Gasteiger partial charge in [0.1, 0.15) is 11.5 Å². The van der Waals surface area contributed by atoms with Gasteiger partial charge in [0.05, 0.1) is 7.11 Å². The van der Waals surface area contributed by atoms with Crippen LogP contribution in [0.2, 0.25) is 0 Å². The zero-order valence-corrected chi connectivity index (χ0v) is 22.8. The molecular formula is C32H42N2O2. The topological polar surface area (TPSA) is 44.7 Å². The van der Waals surface area contributed by atoms with Crippen molar-refractivity contribution in [3.63, 3.8) is 0 Å². The molecule has 0 fully saturated rings. The minimum Gasteiger partial charge on any atom is -0.508 e. The van der Waals surface area contributed by atoms with Crippen LogP contribution in [0.15, 0.2) is 60.7 Å². The Morgan fingerprint density at radius 3 is 2.47 bits per heavy atom. The van der Waals surface area contributed by atoms with Gasteiger partial charge in [-0.1, -0.05) is 50.2 Å². The Morgan fingerprint density at radius 1 is 1.03 bits per heavy atom. The summed E-state index contributed by atoms with van der Waals surface area (Å²) in [4.78, 5) is 2.25. The SMILES string of the molecule is COc1ccc(C2CCc3cc(O)ccc3C2)c(NC(C)Cc2ccc(C(C)(C)CN(C)C)cc2)c1. The molecule has 0 saturated heterocycles. The molecule has 0 spiro atoms. The van der Waals surface area contributed by atoms with Gasteiger partial charge in [0.15, 0.2) is 0 Å². The fourth-order valence-electron chi connectivity index (χ4n) is 5.79. The summed E-state index contributed by atoms with van der Waals surface area (Å²) in [5.74, 6) is 1.69. The molecule has 0 amide bonds. The molecule has 3 aromatic carbocycles. The number of benzene rings is 3. The lowest BCUT2D eigenvalue weighted by molar-refractivity contribution is 0.315. The van der Waals surface area contributed by atoms with Crippen LogP contribution < -0.4 is 10.1 Å². The van der Waals surface area contributed by atoms with E-state index in [9.17, 15) is 5.11 Å². The second-order valence-corrected chi connectivity index (χ2v) is 11.4. The van der Waals surface area contributed by atoms with Crippen LogP contribution >= 0.6 is 0 Å². The Bertz CT molecular complexity index is 1170. The summed E-state index contributed by atoms with van der Waals surface area (Å²) in [6.07, 6.45) is 4.02. The lowest BCUT2D eigenvalue weighted by Crippen LogP contribution is -2.32. The van der Waals surface area contributed by atoms with Crippen LogP contribution in [-0.2, 0) is 24.7 Å². The predicted octanol–water partition coefficient (Wildman–Crippen LogP) is 6.56. The lowest BCUT2D eigenvalue weighted by atomic mass is 9.79. The summed E-state index contributed by atoms with van der Waals surface area (Å²) < 4.78 is 5.57. The summed E-state index contributed by atoms with van der Waals surface area (Å²) in [5.41, 5.74) is 7.98. The first-order valence-electron chi connectivity index (χ1n) is 13.1. The van der Waals surface area contributed by atoms with Crippen molar-refractivity contribution in [1.82, 2.24) is 4.90 Å². The van der Waals surface area contributed by atoms with Crippen LogP contribution in [0.4, 0.5) is 5.69 Å². The molecule has 36 heavy (non-hydrogen) atoms. The molecule has 2 N–H and O–H groups in total. The molecule has 0 bridgehead atoms.